The molecule has 4 aromatic rings. The third kappa shape index (κ3) is 3.79. The van der Waals surface area contributed by atoms with Gasteiger partial charge in [-0.1, -0.05) is 48.5 Å². The number of ether oxygens (including phenoxy) is 1. The van der Waals surface area contributed by atoms with Gasteiger partial charge in [0.1, 0.15) is 5.69 Å². The number of aromatic amines is 1. The van der Waals surface area contributed by atoms with Crippen molar-refractivity contribution in [2.24, 2.45) is 0 Å². The molecule has 0 unspecified atom stereocenters. The number of carbonyl (C=O) groups excluding carboxylic acids is 1. The van der Waals surface area contributed by atoms with Gasteiger partial charge in [0.2, 0.25) is 5.82 Å². The number of hydrogen-bond acceptors (Lipinski definition) is 6. The summed E-state index contributed by atoms with van der Waals surface area (Å²) < 4.78 is 7.72. The molecule has 8 nitrogen and oxygen atoms in total. The fraction of sp³-hybridized carbons (Fsp3) is 0.292. The van der Waals surface area contributed by atoms with Crippen LogP contribution in [0.1, 0.15) is 47.9 Å². The zero-order valence-electron chi connectivity index (χ0n) is 17.9. The van der Waals surface area contributed by atoms with E-state index in [0.29, 0.717) is 37.1 Å². The van der Waals surface area contributed by atoms with Crippen molar-refractivity contribution < 1.29 is 9.53 Å². The quantitative estimate of drug-likeness (QED) is 0.465. The second-order valence-corrected chi connectivity index (χ2v) is 7.82. The van der Waals surface area contributed by atoms with Gasteiger partial charge in [-0.3, -0.25) is 9.36 Å². The molecule has 2 aromatic heterocycles. The minimum atomic E-state index is 0.154. The Kier molecular flexibility index (Phi) is 5.49. The topological polar surface area (TPSA) is 98.6 Å². The van der Waals surface area contributed by atoms with Crippen molar-refractivity contribution in [1.82, 2.24) is 30.2 Å². The van der Waals surface area contributed by atoms with E-state index in [4.69, 9.17) is 4.74 Å². The normalized spacial score (nSPS) is 13.6. The van der Waals surface area contributed by atoms with E-state index >= 15 is 0 Å². The maximum atomic E-state index is 12.8. The predicted molar refractivity (Wildman–Crippen MR) is 119 cm³/mol. The Morgan fingerprint density at radius 2 is 1.81 bits per heavy atom. The monoisotopic (exact) mass is 428 g/mol. The predicted octanol–water partition coefficient (Wildman–Crippen LogP) is 4.09. The van der Waals surface area contributed by atoms with Crippen LogP contribution >= 0.6 is 0 Å². The zero-order valence-corrected chi connectivity index (χ0v) is 17.9. The van der Waals surface area contributed by atoms with Crippen molar-refractivity contribution >= 4 is 5.78 Å². The molecule has 0 aliphatic heterocycles. The molecule has 0 amide bonds. The van der Waals surface area contributed by atoms with E-state index in [-0.39, 0.29) is 5.78 Å². The molecule has 0 fully saturated rings. The Morgan fingerprint density at radius 1 is 1.03 bits per heavy atom. The number of carbonyl (C=O) groups is 1. The van der Waals surface area contributed by atoms with E-state index in [1.807, 2.05) is 35.8 Å². The van der Waals surface area contributed by atoms with E-state index in [2.05, 4.69) is 49.9 Å². The second-order valence-electron chi connectivity index (χ2n) is 7.82. The molecule has 0 saturated carbocycles. The highest BCUT2D eigenvalue weighted by Gasteiger charge is 2.25. The van der Waals surface area contributed by atoms with Gasteiger partial charge in [0, 0.05) is 12.0 Å². The summed E-state index contributed by atoms with van der Waals surface area (Å²) in [5.41, 5.74) is 5.64. The van der Waals surface area contributed by atoms with Crippen molar-refractivity contribution in [1.29, 1.82) is 0 Å². The number of aromatic nitrogens is 6. The minimum absolute atomic E-state index is 0.154. The van der Waals surface area contributed by atoms with Crippen molar-refractivity contribution in [3.63, 3.8) is 0 Å². The van der Waals surface area contributed by atoms with Crippen molar-refractivity contribution in [2.45, 2.75) is 39.2 Å². The molecule has 2 aromatic carbocycles. The standard InChI is InChI=1S/C24H24N6O2/c1-2-32-24-25-20-9-5-6-10-21(31)22(20)30(24)15-16-11-13-17(14-12-16)18-7-3-4-8-19(18)23-26-28-29-27-23/h3-4,7-8,11-14H,2,5-6,9-10,15H2,1H3,(H,26,27,28,29). The Hall–Kier alpha value is -3.81. The lowest BCUT2D eigenvalue weighted by Gasteiger charge is -2.12. The Labute approximate surface area is 185 Å². The minimum Gasteiger partial charge on any atom is -0.465 e. The summed E-state index contributed by atoms with van der Waals surface area (Å²) in [5.74, 6) is 0.715. The maximum absolute atomic E-state index is 12.8. The number of nitrogens with zero attached hydrogens (tertiary/aromatic N) is 5. The number of imidazole rings is 1. The first-order chi connectivity index (χ1) is 15.7. The van der Waals surface area contributed by atoms with Gasteiger partial charge in [0.15, 0.2) is 5.78 Å². The van der Waals surface area contributed by atoms with Gasteiger partial charge in [0.05, 0.1) is 18.8 Å². The Balaban J connectivity index is 1.47. The SMILES string of the molecule is CCOc1nc2c(n1Cc1ccc(-c3ccccc3-c3nn[nH]n3)cc1)C(=O)CCCC2. The van der Waals surface area contributed by atoms with Crippen LogP contribution in [0.15, 0.2) is 48.5 Å². The van der Waals surface area contributed by atoms with Gasteiger partial charge >= 0.3 is 0 Å². The number of benzene rings is 2. The lowest BCUT2D eigenvalue weighted by Crippen LogP contribution is -2.12. The number of H-pyrrole nitrogens is 1. The molecular formula is C24H24N6O2. The second kappa shape index (κ2) is 8.74. The molecule has 1 aliphatic carbocycles. The molecule has 2 heterocycles. The fourth-order valence-electron chi connectivity index (χ4n) is 4.23. The first kappa shape index (κ1) is 20.1. The molecule has 1 N–H and O–H groups in total. The molecular weight excluding hydrogens is 404 g/mol. The summed E-state index contributed by atoms with van der Waals surface area (Å²) >= 11 is 0. The third-order valence-corrected chi connectivity index (χ3v) is 5.73. The molecule has 1 aliphatic rings. The van der Waals surface area contributed by atoms with Crippen LogP contribution in [0.5, 0.6) is 6.01 Å². The Morgan fingerprint density at radius 3 is 2.56 bits per heavy atom. The molecule has 0 spiro atoms. The van der Waals surface area contributed by atoms with E-state index in [0.717, 1.165) is 47.2 Å². The highest BCUT2D eigenvalue weighted by molar-refractivity contribution is 5.96. The summed E-state index contributed by atoms with van der Waals surface area (Å²) in [5, 5.41) is 14.4. The number of tetrazole rings is 1. The molecule has 0 radical (unpaired) electrons. The maximum Gasteiger partial charge on any atom is 0.297 e. The first-order valence-electron chi connectivity index (χ1n) is 10.9. The van der Waals surface area contributed by atoms with E-state index in [1.165, 1.54) is 0 Å². The number of rotatable bonds is 6. The van der Waals surface area contributed by atoms with Gasteiger partial charge in [-0.25, -0.2) is 0 Å². The lowest BCUT2D eigenvalue weighted by atomic mass is 9.98. The van der Waals surface area contributed by atoms with Crippen LogP contribution in [-0.2, 0) is 13.0 Å². The lowest BCUT2D eigenvalue weighted by molar-refractivity contribution is 0.0972. The van der Waals surface area contributed by atoms with Gasteiger partial charge < -0.3 is 4.74 Å². The summed E-state index contributed by atoms with van der Waals surface area (Å²) in [6.45, 7) is 2.98. The summed E-state index contributed by atoms with van der Waals surface area (Å²) in [6.07, 6.45) is 3.28. The van der Waals surface area contributed by atoms with Gasteiger partial charge in [-0.2, -0.15) is 10.2 Å². The third-order valence-electron chi connectivity index (χ3n) is 5.73. The highest BCUT2D eigenvalue weighted by atomic mass is 16.5. The van der Waals surface area contributed by atoms with E-state index < -0.39 is 0 Å². The number of nitrogens with one attached hydrogen (secondary N) is 1. The van der Waals surface area contributed by atoms with Gasteiger partial charge in [-0.05, 0) is 48.1 Å². The summed E-state index contributed by atoms with van der Waals surface area (Å²) in [7, 11) is 0. The molecule has 162 valence electrons. The van der Waals surface area contributed by atoms with Crippen molar-refractivity contribution in [2.75, 3.05) is 6.61 Å². The van der Waals surface area contributed by atoms with Crippen LogP contribution in [0.3, 0.4) is 0 Å². The van der Waals surface area contributed by atoms with Gasteiger partial charge in [0.25, 0.3) is 6.01 Å². The molecule has 0 saturated heterocycles. The Bertz CT molecular complexity index is 1230. The van der Waals surface area contributed by atoms with E-state index in [1.54, 1.807) is 0 Å². The fourth-order valence-corrected chi connectivity index (χ4v) is 4.23. The number of Topliss-reactive ketones (excluding diaryl/α,β-unsaturated/α-hetero) is 1. The average molecular weight is 428 g/mol. The van der Waals surface area contributed by atoms with Crippen LogP contribution in [0, 0.1) is 0 Å². The van der Waals surface area contributed by atoms with Crippen LogP contribution < -0.4 is 4.74 Å². The zero-order chi connectivity index (χ0) is 21.9. The number of fused-ring (bicyclic) bond motifs is 1. The number of aryl methyl sites for hydroxylation is 1. The van der Waals surface area contributed by atoms with Crippen LogP contribution in [-0.4, -0.2) is 42.6 Å². The highest BCUT2D eigenvalue weighted by Crippen LogP contribution is 2.31. The van der Waals surface area contributed by atoms with E-state index in [9.17, 15) is 4.79 Å². The molecule has 8 heteroatoms. The van der Waals surface area contributed by atoms with Crippen LogP contribution in [0.4, 0.5) is 0 Å². The molecule has 32 heavy (non-hydrogen) atoms. The van der Waals surface area contributed by atoms with Gasteiger partial charge in [-0.15, -0.1) is 10.2 Å². The number of hydrogen-bond donors (Lipinski definition) is 1. The van der Waals surface area contributed by atoms with Crippen molar-refractivity contribution in [3.05, 3.63) is 65.5 Å². The smallest absolute Gasteiger partial charge is 0.297 e. The molecule has 5 rings (SSSR count). The van der Waals surface area contributed by atoms with Crippen molar-refractivity contribution in [3.8, 4) is 28.5 Å². The largest absolute Gasteiger partial charge is 0.465 e. The summed E-state index contributed by atoms with van der Waals surface area (Å²) in [6, 6.07) is 16.8. The van der Waals surface area contributed by atoms with Crippen LogP contribution in [0.2, 0.25) is 0 Å². The van der Waals surface area contributed by atoms with Crippen LogP contribution in [0.25, 0.3) is 22.5 Å². The number of ketones is 1. The first-order valence-corrected chi connectivity index (χ1v) is 10.9. The summed E-state index contributed by atoms with van der Waals surface area (Å²) in [4.78, 5) is 17.4. The molecule has 0 bridgehead atoms. The average Bonchev–Trinajstić information content (AvgIpc) is 3.42. The molecule has 0 atom stereocenters.